The Bertz CT molecular complexity index is 1040. The SMILES string of the molecule is CC(C)(Cc1ccc2ccccc2c1)NCC(O)COC(c1c(Cl)cccc1Cl)C1CC1. The van der Waals surface area contributed by atoms with Crippen LogP contribution >= 0.6 is 23.2 Å². The van der Waals surface area contributed by atoms with Crippen LogP contribution in [0.4, 0.5) is 0 Å². The number of aliphatic hydroxyl groups excluding tert-OH is 1. The van der Waals surface area contributed by atoms with Crippen molar-refractivity contribution >= 4 is 34.0 Å². The summed E-state index contributed by atoms with van der Waals surface area (Å²) in [4.78, 5) is 0. The van der Waals surface area contributed by atoms with Crippen LogP contribution in [0.1, 0.15) is 43.9 Å². The molecule has 0 radical (unpaired) electrons. The Kier molecular flexibility index (Phi) is 7.44. The van der Waals surface area contributed by atoms with Gasteiger partial charge in [-0.3, -0.25) is 0 Å². The van der Waals surface area contributed by atoms with Crippen molar-refractivity contribution in [2.45, 2.75) is 50.9 Å². The summed E-state index contributed by atoms with van der Waals surface area (Å²) >= 11 is 12.8. The number of ether oxygens (including phenoxy) is 1. The lowest BCUT2D eigenvalue weighted by molar-refractivity contribution is -0.0210. The molecule has 3 aromatic rings. The van der Waals surface area contributed by atoms with Crippen LogP contribution in [0.5, 0.6) is 0 Å². The van der Waals surface area contributed by atoms with E-state index in [2.05, 4.69) is 61.6 Å². The molecule has 3 nitrogen and oxygen atoms in total. The maximum absolute atomic E-state index is 10.6. The van der Waals surface area contributed by atoms with Gasteiger partial charge in [0.1, 0.15) is 0 Å². The first kappa shape index (κ1) is 23.5. The lowest BCUT2D eigenvalue weighted by atomic mass is 9.93. The van der Waals surface area contributed by atoms with E-state index in [4.69, 9.17) is 27.9 Å². The van der Waals surface area contributed by atoms with Gasteiger partial charge >= 0.3 is 0 Å². The number of fused-ring (bicyclic) bond motifs is 1. The Morgan fingerprint density at radius 2 is 1.69 bits per heavy atom. The van der Waals surface area contributed by atoms with E-state index in [0.29, 0.717) is 22.5 Å². The molecule has 0 heterocycles. The van der Waals surface area contributed by atoms with Crippen LogP contribution in [0, 0.1) is 5.92 Å². The molecule has 2 atom stereocenters. The Morgan fingerprint density at radius 3 is 2.38 bits per heavy atom. The van der Waals surface area contributed by atoms with E-state index in [0.717, 1.165) is 24.8 Å². The molecule has 4 rings (SSSR count). The zero-order valence-electron chi connectivity index (χ0n) is 18.7. The molecular formula is C27H31Cl2NO2. The first-order valence-electron chi connectivity index (χ1n) is 11.3. The van der Waals surface area contributed by atoms with Gasteiger partial charge in [-0.05, 0) is 67.5 Å². The summed E-state index contributed by atoms with van der Waals surface area (Å²) in [6, 6.07) is 20.5. The number of β-amino-alcohol motifs (C(OH)–C–C–N with tert-alkyl or cyclic N) is 1. The number of hydrogen-bond donors (Lipinski definition) is 2. The van der Waals surface area contributed by atoms with Crippen molar-refractivity contribution in [3.05, 3.63) is 81.8 Å². The van der Waals surface area contributed by atoms with Crippen LogP contribution in [0.15, 0.2) is 60.7 Å². The van der Waals surface area contributed by atoms with E-state index < -0.39 is 6.10 Å². The lowest BCUT2D eigenvalue weighted by Crippen LogP contribution is -2.46. The van der Waals surface area contributed by atoms with Crippen molar-refractivity contribution in [3.8, 4) is 0 Å². The highest BCUT2D eigenvalue weighted by Crippen LogP contribution is 2.47. The smallest absolute Gasteiger partial charge is 0.0898 e. The van der Waals surface area contributed by atoms with Gasteiger partial charge in [0.25, 0.3) is 0 Å². The van der Waals surface area contributed by atoms with Crippen molar-refractivity contribution < 1.29 is 9.84 Å². The molecule has 1 aliphatic carbocycles. The fourth-order valence-corrected chi connectivity index (χ4v) is 4.84. The van der Waals surface area contributed by atoms with Crippen LogP contribution in [0.25, 0.3) is 10.8 Å². The van der Waals surface area contributed by atoms with E-state index in [1.807, 2.05) is 18.2 Å². The van der Waals surface area contributed by atoms with Gasteiger partial charge in [-0.2, -0.15) is 0 Å². The number of rotatable bonds is 10. The molecule has 0 amide bonds. The molecule has 170 valence electrons. The summed E-state index contributed by atoms with van der Waals surface area (Å²) in [5, 5.41) is 17.9. The maximum atomic E-state index is 10.6. The second kappa shape index (κ2) is 10.1. The summed E-state index contributed by atoms with van der Waals surface area (Å²) in [7, 11) is 0. The molecule has 1 saturated carbocycles. The fraction of sp³-hybridized carbons (Fsp3) is 0.407. The van der Waals surface area contributed by atoms with E-state index in [1.54, 1.807) is 0 Å². The van der Waals surface area contributed by atoms with Gasteiger partial charge in [-0.15, -0.1) is 0 Å². The zero-order valence-corrected chi connectivity index (χ0v) is 20.2. The minimum absolute atomic E-state index is 0.161. The second-order valence-electron chi connectivity index (χ2n) is 9.50. The van der Waals surface area contributed by atoms with Crippen molar-refractivity contribution in [2.24, 2.45) is 5.92 Å². The van der Waals surface area contributed by atoms with Gasteiger partial charge in [0.05, 0.1) is 18.8 Å². The van der Waals surface area contributed by atoms with Crippen molar-refractivity contribution in [3.63, 3.8) is 0 Å². The van der Waals surface area contributed by atoms with Gasteiger partial charge in [0.2, 0.25) is 0 Å². The van der Waals surface area contributed by atoms with Crippen LogP contribution < -0.4 is 5.32 Å². The summed E-state index contributed by atoms with van der Waals surface area (Å²) in [5.74, 6) is 0.414. The average Bonchev–Trinajstić information content (AvgIpc) is 3.59. The standard InChI is InChI=1S/C27H31Cl2NO2/c1-27(2,15-18-10-11-19-6-3-4-7-21(19)14-18)30-16-22(31)17-32-26(20-12-13-20)25-23(28)8-5-9-24(25)29/h3-11,14,20,22,26,30-31H,12-13,15-17H2,1-2H3. The van der Waals surface area contributed by atoms with Crippen molar-refractivity contribution in [1.29, 1.82) is 0 Å². The molecule has 2 N–H and O–H groups in total. The number of aliphatic hydroxyl groups is 1. The predicted octanol–water partition coefficient (Wildman–Crippen LogP) is 6.59. The minimum Gasteiger partial charge on any atom is -0.389 e. The number of hydrogen-bond acceptors (Lipinski definition) is 3. The first-order valence-corrected chi connectivity index (χ1v) is 12.0. The van der Waals surface area contributed by atoms with Crippen molar-refractivity contribution in [1.82, 2.24) is 5.32 Å². The highest BCUT2D eigenvalue weighted by Gasteiger charge is 2.36. The van der Waals surface area contributed by atoms with Crippen LogP contribution in [-0.4, -0.2) is 29.9 Å². The topological polar surface area (TPSA) is 41.5 Å². The Balaban J connectivity index is 1.31. The Morgan fingerprint density at radius 1 is 1.00 bits per heavy atom. The van der Waals surface area contributed by atoms with E-state index in [-0.39, 0.29) is 18.2 Å². The number of nitrogens with one attached hydrogen (secondary N) is 1. The molecule has 1 fully saturated rings. The van der Waals surface area contributed by atoms with Gasteiger partial charge in [0.15, 0.2) is 0 Å². The maximum Gasteiger partial charge on any atom is 0.0898 e. The first-order chi connectivity index (χ1) is 15.3. The van der Waals surface area contributed by atoms with Gasteiger partial charge < -0.3 is 15.2 Å². The summed E-state index contributed by atoms with van der Waals surface area (Å²) in [6.45, 7) is 5.01. The zero-order chi connectivity index (χ0) is 22.7. The predicted molar refractivity (Wildman–Crippen MR) is 134 cm³/mol. The largest absolute Gasteiger partial charge is 0.389 e. The van der Waals surface area contributed by atoms with Crippen LogP contribution in [-0.2, 0) is 11.2 Å². The van der Waals surface area contributed by atoms with Gasteiger partial charge in [-0.1, -0.05) is 71.7 Å². The van der Waals surface area contributed by atoms with Crippen molar-refractivity contribution in [2.75, 3.05) is 13.2 Å². The summed E-state index contributed by atoms with van der Waals surface area (Å²) in [5.41, 5.74) is 1.95. The minimum atomic E-state index is -0.617. The molecular weight excluding hydrogens is 441 g/mol. The molecule has 0 spiro atoms. The quantitative estimate of drug-likeness (QED) is 0.350. The average molecular weight is 472 g/mol. The fourth-order valence-electron chi connectivity index (χ4n) is 4.23. The third-order valence-corrected chi connectivity index (χ3v) is 6.74. The summed E-state index contributed by atoms with van der Waals surface area (Å²) < 4.78 is 6.15. The molecule has 5 heteroatoms. The second-order valence-corrected chi connectivity index (χ2v) is 10.3. The third kappa shape index (κ3) is 6.03. The van der Waals surface area contributed by atoms with E-state index in [9.17, 15) is 5.11 Å². The van der Waals surface area contributed by atoms with Crippen LogP contribution in [0.3, 0.4) is 0 Å². The molecule has 3 aromatic carbocycles. The van der Waals surface area contributed by atoms with E-state index in [1.165, 1.54) is 16.3 Å². The highest BCUT2D eigenvalue weighted by atomic mass is 35.5. The van der Waals surface area contributed by atoms with Gasteiger partial charge in [0, 0.05) is 27.7 Å². The molecule has 0 aromatic heterocycles. The van der Waals surface area contributed by atoms with Gasteiger partial charge in [-0.25, -0.2) is 0 Å². The Hall–Kier alpha value is -1.62. The Labute approximate surface area is 200 Å². The molecule has 1 aliphatic rings. The molecule has 2 unspecified atom stereocenters. The highest BCUT2D eigenvalue weighted by molar-refractivity contribution is 6.36. The summed E-state index contributed by atoms with van der Waals surface area (Å²) in [6.07, 6.45) is 2.27. The number of halogens is 2. The van der Waals surface area contributed by atoms with Crippen LogP contribution in [0.2, 0.25) is 10.0 Å². The third-order valence-electron chi connectivity index (χ3n) is 6.08. The molecule has 0 bridgehead atoms. The molecule has 0 saturated heterocycles. The van der Waals surface area contributed by atoms with E-state index >= 15 is 0 Å². The lowest BCUT2D eigenvalue weighted by Gasteiger charge is -2.29. The normalized spacial score (nSPS) is 16.3. The molecule has 0 aliphatic heterocycles. The molecule has 32 heavy (non-hydrogen) atoms. The monoisotopic (exact) mass is 471 g/mol. The number of benzene rings is 3.